The number of rotatable bonds is 7. The quantitative estimate of drug-likeness (QED) is 0.453. The molecule has 16 heavy (non-hydrogen) atoms. The summed E-state index contributed by atoms with van der Waals surface area (Å²) in [6, 6.07) is 9.20. The molecule has 0 spiro atoms. The highest BCUT2D eigenvalue weighted by atomic mass is 31.2. The zero-order valence-electron chi connectivity index (χ0n) is 8.91. The Bertz CT molecular complexity index is 364. The molecule has 1 aromatic rings. The van der Waals surface area contributed by atoms with E-state index in [1.807, 2.05) is 30.3 Å². The molecule has 4 nitrogen and oxygen atoms in total. The highest BCUT2D eigenvalue weighted by Gasteiger charge is 2.16. The monoisotopic (exact) mass is 242 g/mol. The minimum atomic E-state index is -3.51. The van der Waals surface area contributed by atoms with Crippen molar-refractivity contribution in [2.24, 2.45) is 0 Å². The van der Waals surface area contributed by atoms with Gasteiger partial charge in [-0.15, -0.1) is 6.58 Å². The summed E-state index contributed by atoms with van der Waals surface area (Å²) in [6.07, 6.45) is 1.32. The van der Waals surface area contributed by atoms with Crippen LogP contribution in [0.25, 0.3) is 0 Å². The van der Waals surface area contributed by atoms with E-state index in [1.165, 1.54) is 6.08 Å². The Balaban J connectivity index is 2.22. The Morgan fingerprint density at radius 1 is 1.31 bits per heavy atom. The largest absolute Gasteiger partial charge is 0.491 e. The topological polar surface area (TPSA) is 55.8 Å². The van der Waals surface area contributed by atoms with E-state index >= 15 is 0 Å². The van der Waals surface area contributed by atoms with Crippen molar-refractivity contribution in [1.82, 2.24) is 0 Å². The predicted octanol–water partition coefficient (Wildman–Crippen LogP) is 2.45. The maximum Gasteiger partial charge on any atom is 0.331 e. The Kier molecular flexibility index (Phi) is 5.26. The number of allylic oxidation sites excluding steroid dienone is 1. The Morgan fingerprint density at radius 3 is 2.62 bits per heavy atom. The molecule has 5 heteroatoms. The van der Waals surface area contributed by atoms with Gasteiger partial charge in [-0.2, -0.15) is 0 Å². The highest BCUT2D eigenvalue weighted by Crippen LogP contribution is 2.41. The second-order valence-corrected chi connectivity index (χ2v) is 5.00. The summed E-state index contributed by atoms with van der Waals surface area (Å²) in [7, 11) is -3.51. The smallest absolute Gasteiger partial charge is 0.331 e. The van der Waals surface area contributed by atoms with Crippen molar-refractivity contribution in [3.05, 3.63) is 43.0 Å². The molecule has 1 rings (SSSR count). The van der Waals surface area contributed by atoms with Crippen LogP contribution in [0.3, 0.4) is 0 Å². The molecule has 0 aromatic heterocycles. The van der Waals surface area contributed by atoms with Gasteiger partial charge >= 0.3 is 7.60 Å². The molecule has 0 aliphatic heterocycles. The summed E-state index contributed by atoms with van der Waals surface area (Å²) < 4.78 is 21.3. The molecule has 0 amide bonds. The van der Waals surface area contributed by atoms with E-state index in [2.05, 4.69) is 6.58 Å². The summed E-state index contributed by atoms with van der Waals surface area (Å²) in [6.45, 7) is 3.70. The molecule has 1 unspecified atom stereocenters. The van der Waals surface area contributed by atoms with Crippen LogP contribution >= 0.6 is 7.60 Å². The zero-order valence-corrected chi connectivity index (χ0v) is 9.81. The van der Waals surface area contributed by atoms with Crippen molar-refractivity contribution in [2.75, 3.05) is 19.4 Å². The van der Waals surface area contributed by atoms with Gasteiger partial charge in [-0.25, -0.2) is 0 Å². The molecular formula is C11H15O4P. The van der Waals surface area contributed by atoms with Crippen LogP contribution in [0.1, 0.15) is 0 Å². The fourth-order valence-corrected chi connectivity index (χ4v) is 1.86. The number of para-hydroxylation sites is 1. The molecule has 0 fully saturated rings. The summed E-state index contributed by atoms with van der Waals surface area (Å²) >= 11 is 0. The minimum absolute atomic E-state index is 0.0433. The Labute approximate surface area is 95.1 Å². The zero-order chi connectivity index (χ0) is 11.9. The Morgan fingerprint density at radius 2 is 2.00 bits per heavy atom. The molecule has 0 saturated heterocycles. The molecule has 1 N–H and O–H groups in total. The third-order valence-corrected chi connectivity index (χ3v) is 3.05. The van der Waals surface area contributed by atoms with Gasteiger partial charge in [-0.05, 0) is 12.1 Å². The van der Waals surface area contributed by atoms with Crippen molar-refractivity contribution in [1.29, 1.82) is 0 Å². The fourth-order valence-electron chi connectivity index (χ4n) is 1.07. The third-order valence-electron chi connectivity index (χ3n) is 1.75. The van der Waals surface area contributed by atoms with Gasteiger partial charge in [0.05, 0.1) is 12.8 Å². The number of benzene rings is 1. The van der Waals surface area contributed by atoms with Gasteiger partial charge in [0.1, 0.15) is 12.4 Å². The summed E-state index contributed by atoms with van der Waals surface area (Å²) in [4.78, 5) is 9.22. The van der Waals surface area contributed by atoms with Gasteiger partial charge in [0.25, 0.3) is 0 Å². The van der Waals surface area contributed by atoms with Gasteiger partial charge in [0.15, 0.2) is 0 Å². The number of ether oxygens (including phenoxy) is 1. The SMILES string of the molecule is C=CCP(=O)(O)OCCOc1ccccc1. The van der Waals surface area contributed by atoms with Crippen molar-refractivity contribution in [3.8, 4) is 5.75 Å². The van der Waals surface area contributed by atoms with E-state index in [9.17, 15) is 9.46 Å². The lowest BCUT2D eigenvalue weighted by Crippen LogP contribution is -2.06. The van der Waals surface area contributed by atoms with Gasteiger partial charge in [0.2, 0.25) is 0 Å². The number of hydrogen-bond donors (Lipinski definition) is 1. The summed E-state index contributed by atoms with van der Waals surface area (Å²) in [5, 5.41) is 0. The van der Waals surface area contributed by atoms with Crippen molar-refractivity contribution < 1.29 is 18.7 Å². The van der Waals surface area contributed by atoms with Crippen LogP contribution in [0.5, 0.6) is 5.75 Å². The predicted molar refractivity (Wildman–Crippen MR) is 62.8 cm³/mol. The van der Waals surface area contributed by atoms with Gasteiger partial charge < -0.3 is 14.2 Å². The molecule has 0 aliphatic carbocycles. The van der Waals surface area contributed by atoms with Crippen LogP contribution in [0.2, 0.25) is 0 Å². The molecule has 0 aliphatic rings. The molecule has 0 radical (unpaired) electrons. The first-order chi connectivity index (χ1) is 7.64. The minimum Gasteiger partial charge on any atom is -0.491 e. The van der Waals surface area contributed by atoms with Gasteiger partial charge in [-0.1, -0.05) is 24.3 Å². The van der Waals surface area contributed by atoms with Crippen LogP contribution in [-0.4, -0.2) is 24.3 Å². The Hall–Kier alpha value is -1.09. The van der Waals surface area contributed by atoms with Crippen LogP contribution < -0.4 is 4.74 Å². The lowest BCUT2D eigenvalue weighted by molar-refractivity contribution is 0.197. The first kappa shape index (κ1) is 13.0. The maximum atomic E-state index is 11.2. The standard InChI is InChI=1S/C11H15O4P/c1-2-10-16(12,13)15-9-8-14-11-6-4-3-5-7-11/h2-7H,1,8-10H2,(H,12,13). The molecule has 88 valence electrons. The van der Waals surface area contributed by atoms with E-state index in [-0.39, 0.29) is 19.4 Å². The maximum absolute atomic E-state index is 11.2. The van der Waals surface area contributed by atoms with Gasteiger partial charge in [-0.3, -0.25) is 4.57 Å². The van der Waals surface area contributed by atoms with E-state index in [4.69, 9.17) is 9.26 Å². The fraction of sp³-hybridized carbons (Fsp3) is 0.273. The molecular weight excluding hydrogens is 227 g/mol. The van der Waals surface area contributed by atoms with E-state index in [0.29, 0.717) is 5.75 Å². The van der Waals surface area contributed by atoms with Crippen LogP contribution in [0.4, 0.5) is 0 Å². The normalized spacial score (nSPS) is 14.1. The lowest BCUT2D eigenvalue weighted by atomic mass is 10.3. The van der Waals surface area contributed by atoms with Crippen LogP contribution in [0, 0.1) is 0 Å². The van der Waals surface area contributed by atoms with Crippen molar-refractivity contribution in [2.45, 2.75) is 0 Å². The summed E-state index contributed by atoms with van der Waals surface area (Å²) in [5.41, 5.74) is 0. The second-order valence-electron chi connectivity index (χ2n) is 3.10. The van der Waals surface area contributed by atoms with Crippen LogP contribution in [-0.2, 0) is 9.09 Å². The third kappa shape index (κ3) is 5.12. The van der Waals surface area contributed by atoms with Crippen molar-refractivity contribution >= 4 is 7.60 Å². The van der Waals surface area contributed by atoms with Crippen LogP contribution in [0.15, 0.2) is 43.0 Å². The van der Waals surface area contributed by atoms with E-state index < -0.39 is 7.60 Å². The van der Waals surface area contributed by atoms with Crippen molar-refractivity contribution in [3.63, 3.8) is 0 Å². The lowest BCUT2D eigenvalue weighted by Gasteiger charge is -2.10. The average molecular weight is 242 g/mol. The average Bonchev–Trinajstić information content (AvgIpc) is 2.26. The molecule has 0 heterocycles. The second kappa shape index (κ2) is 6.48. The number of hydrogen-bond acceptors (Lipinski definition) is 3. The van der Waals surface area contributed by atoms with Gasteiger partial charge in [0, 0.05) is 0 Å². The summed E-state index contributed by atoms with van der Waals surface area (Å²) in [5.74, 6) is 0.711. The molecule has 1 aromatic carbocycles. The highest BCUT2D eigenvalue weighted by molar-refractivity contribution is 7.53. The molecule has 0 bridgehead atoms. The first-order valence-electron chi connectivity index (χ1n) is 4.89. The van der Waals surface area contributed by atoms with E-state index in [1.54, 1.807) is 0 Å². The molecule has 1 atom stereocenters. The molecule has 0 saturated carbocycles. The first-order valence-corrected chi connectivity index (χ1v) is 6.65. The van der Waals surface area contributed by atoms with E-state index in [0.717, 1.165) is 0 Å².